The van der Waals surface area contributed by atoms with E-state index < -0.39 is 29.7 Å². The number of benzene rings is 2. The third kappa shape index (κ3) is 5.75. The Hall–Kier alpha value is -4.10. The van der Waals surface area contributed by atoms with Gasteiger partial charge in [-0.05, 0) is 48.7 Å². The van der Waals surface area contributed by atoms with Crippen LogP contribution in [0.5, 0.6) is 0 Å². The Labute approximate surface area is 212 Å². The van der Waals surface area contributed by atoms with Gasteiger partial charge in [0.15, 0.2) is 0 Å². The summed E-state index contributed by atoms with van der Waals surface area (Å²) < 4.78 is 9.53. The second kappa shape index (κ2) is 11.6. The Morgan fingerprint density at radius 3 is 2.39 bits per heavy atom. The lowest BCUT2D eigenvalue weighted by Gasteiger charge is -2.31. The summed E-state index contributed by atoms with van der Waals surface area (Å²) in [4.78, 5) is 49.9. The van der Waals surface area contributed by atoms with E-state index in [0.717, 1.165) is 30.0 Å². The number of esters is 2. The van der Waals surface area contributed by atoms with Gasteiger partial charge in [-0.1, -0.05) is 36.0 Å². The summed E-state index contributed by atoms with van der Waals surface area (Å²) in [5, 5.41) is 15.6. The molecule has 0 aliphatic carbocycles. The highest BCUT2D eigenvalue weighted by atomic mass is 32.2. The quantitative estimate of drug-likeness (QED) is 0.431. The van der Waals surface area contributed by atoms with Crippen LogP contribution in [-0.4, -0.2) is 43.7 Å². The third-order valence-corrected chi connectivity index (χ3v) is 6.71. The van der Waals surface area contributed by atoms with Gasteiger partial charge >= 0.3 is 11.9 Å². The van der Waals surface area contributed by atoms with Gasteiger partial charge in [0.25, 0.3) is 0 Å². The molecule has 0 saturated heterocycles. The Morgan fingerprint density at radius 1 is 1.08 bits per heavy atom. The van der Waals surface area contributed by atoms with Crippen LogP contribution < -0.4 is 10.6 Å². The van der Waals surface area contributed by atoms with E-state index in [-0.39, 0.29) is 27.8 Å². The van der Waals surface area contributed by atoms with Crippen molar-refractivity contribution in [3.63, 3.8) is 0 Å². The highest BCUT2D eigenvalue weighted by Crippen LogP contribution is 2.40. The fraction of sp³-hybridized carbons (Fsp3) is 0.269. The van der Waals surface area contributed by atoms with Crippen LogP contribution in [0.15, 0.2) is 53.1 Å². The van der Waals surface area contributed by atoms with Crippen LogP contribution in [-0.2, 0) is 23.9 Å². The lowest BCUT2D eigenvalue weighted by molar-refractivity contribution is -0.150. The molecule has 2 N–H and O–H groups in total. The molecule has 2 aromatic carbocycles. The smallest absolute Gasteiger partial charge is 0.337 e. The molecule has 1 heterocycles. The van der Waals surface area contributed by atoms with Crippen molar-refractivity contribution in [2.24, 2.45) is 5.92 Å². The zero-order chi connectivity index (χ0) is 26.4. The van der Waals surface area contributed by atoms with Crippen molar-refractivity contribution in [1.29, 1.82) is 5.26 Å². The summed E-state index contributed by atoms with van der Waals surface area (Å²) in [6.45, 7) is 3.80. The fourth-order valence-electron chi connectivity index (χ4n) is 3.82. The summed E-state index contributed by atoms with van der Waals surface area (Å²) in [5.41, 5.74) is 3.42. The maximum absolute atomic E-state index is 12.9. The van der Waals surface area contributed by atoms with Crippen LogP contribution in [0.4, 0.5) is 5.69 Å². The van der Waals surface area contributed by atoms with Crippen molar-refractivity contribution in [3.8, 4) is 6.07 Å². The first-order valence-corrected chi connectivity index (χ1v) is 11.9. The third-order valence-electron chi connectivity index (χ3n) is 5.69. The number of allylic oxidation sites excluding steroid dienone is 1. The number of anilines is 1. The predicted molar refractivity (Wildman–Crippen MR) is 134 cm³/mol. The van der Waals surface area contributed by atoms with Crippen LogP contribution in [0.25, 0.3) is 0 Å². The van der Waals surface area contributed by atoms with Crippen LogP contribution in [0.1, 0.15) is 33.0 Å². The first kappa shape index (κ1) is 26.5. The molecule has 0 spiro atoms. The van der Waals surface area contributed by atoms with E-state index in [0.29, 0.717) is 11.3 Å². The largest absolute Gasteiger partial charge is 0.468 e. The molecule has 3 rings (SSSR count). The van der Waals surface area contributed by atoms with E-state index >= 15 is 0 Å². The Bertz CT molecular complexity index is 1280. The average molecular weight is 508 g/mol. The first-order chi connectivity index (χ1) is 17.2. The maximum atomic E-state index is 12.9. The molecule has 186 valence electrons. The highest BCUT2D eigenvalue weighted by molar-refractivity contribution is 8.03. The van der Waals surface area contributed by atoms with Gasteiger partial charge in [-0.3, -0.25) is 14.4 Å². The molecule has 10 heteroatoms. The van der Waals surface area contributed by atoms with E-state index in [1.165, 1.54) is 19.2 Å². The van der Waals surface area contributed by atoms with Crippen molar-refractivity contribution >= 4 is 41.2 Å². The van der Waals surface area contributed by atoms with Gasteiger partial charge in [-0.2, -0.15) is 5.26 Å². The van der Waals surface area contributed by atoms with E-state index in [2.05, 4.69) is 16.7 Å². The number of nitriles is 1. The highest BCUT2D eigenvalue weighted by Gasteiger charge is 2.44. The number of thioether (sulfide) groups is 1. The zero-order valence-electron chi connectivity index (χ0n) is 20.2. The molecule has 9 nitrogen and oxygen atoms in total. The van der Waals surface area contributed by atoms with Gasteiger partial charge in [0.05, 0.1) is 42.2 Å². The predicted octanol–water partition coefficient (Wildman–Crippen LogP) is 3.20. The molecule has 0 saturated carbocycles. The number of aryl methyl sites for hydroxylation is 2. The van der Waals surface area contributed by atoms with Gasteiger partial charge in [0, 0.05) is 11.6 Å². The van der Waals surface area contributed by atoms with E-state index in [9.17, 15) is 24.4 Å². The average Bonchev–Trinajstić information content (AvgIpc) is 2.88. The molecule has 1 aliphatic rings. The van der Waals surface area contributed by atoms with Crippen molar-refractivity contribution in [3.05, 3.63) is 75.3 Å². The maximum Gasteiger partial charge on any atom is 0.337 e. The standard InChI is InChI=1S/C26H25N3O6S/c1-14-5-6-15(2)19(11-14)28-20(30)13-36-24-18(12-27)21(22(23(31)29-24)26(33)35-4)16-7-9-17(10-8-16)25(32)34-3/h5-11,21-22H,13H2,1-4H3,(H,28,30)(H,29,31)/t21-,22+/m0/s1. The number of rotatable bonds is 7. The molecule has 0 bridgehead atoms. The summed E-state index contributed by atoms with van der Waals surface area (Å²) in [7, 11) is 2.41. The number of carbonyl (C=O) groups excluding carboxylic acids is 4. The van der Waals surface area contributed by atoms with Gasteiger partial charge in [-0.15, -0.1) is 0 Å². The number of carbonyl (C=O) groups is 4. The van der Waals surface area contributed by atoms with Gasteiger partial charge in [-0.25, -0.2) is 4.79 Å². The Balaban J connectivity index is 1.91. The van der Waals surface area contributed by atoms with Crippen molar-refractivity contribution < 1.29 is 28.7 Å². The molecule has 2 atom stereocenters. The summed E-state index contributed by atoms with van der Waals surface area (Å²) in [6.07, 6.45) is 0. The van der Waals surface area contributed by atoms with E-state index in [1.807, 2.05) is 32.0 Å². The minimum Gasteiger partial charge on any atom is -0.468 e. The van der Waals surface area contributed by atoms with Gasteiger partial charge < -0.3 is 20.1 Å². The van der Waals surface area contributed by atoms with Gasteiger partial charge in [0.1, 0.15) is 5.92 Å². The van der Waals surface area contributed by atoms with Crippen LogP contribution in [0, 0.1) is 31.1 Å². The lowest BCUT2D eigenvalue weighted by Crippen LogP contribution is -2.44. The summed E-state index contributed by atoms with van der Waals surface area (Å²) >= 11 is 0.990. The number of hydrogen-bond acceptors (Lipinski definition) is 8. The van der Waals surface area contributed by atoms with Crippen LogP contribution >= 0.6 is 11.8 Å². The van der Waals surface area contributed by atoms with Crippen LogP contribution in [0.2, 0.25) is 0 Å². The number of methoxy groups -OCH3 is 2. The SMILES string of the molecule is COC(=O)c1ccc([C@H]2C(C#N)=C(SCC(=O)Nc3cc(C)ccc3C)NC(=O)[C@@H]2C(=O)OC)cc1. The molecule has 2 amide bonds. The van der Waals surface area contributed by atoms with Crippen molar-refractivity contribution in [2.45, 2.75) is 19.8 Å². The summed E-state index contributed by atoms with van der Waals surface area (Å²) in [6, 6.07) is 13.9. The minimum absolute atomic E-state index is 0.0783. The molecule has 2 aromatic rings. The second-order valence-electron chi connectivity index (χ2n) is 8.09. The minimum atomic E-state index is -1.32. The normalized spacial score (nSPS) is 17.0. The molecular weight excluding hydrogens is 482 g/mol. The zero-order valence-corrected chi connectivity index (χ0v) is 21.0. The van der Waals surface area contributed by atoms with E-state index in [4.69, 9.17) is 9.47 Å². The molecule has 0 aromatic heterocycles. The monoisotopic (exact) mass is 507 g/mol. The molecule has 0 fully saturated rings. The Kier molecular flexibility index (Phi) is 8.51. The second-order valence-corrected chi connectivity index (χ2v) is 9.08. The Morgan fingerprint density at radius 2 is 1.78 bits per heavy atom. The molecule has 1 aliphatic heterocycles. The molecule has 36 heavy (non-hydrogen) atoms. The van der Waals surface area contributed by atoms with Crippen LogP contribution in [0.3, 0.4) is 0 Å². The fourth-order valence-corrected chi connectivity index (χ4v) is 4.67. The molecule has 0 unspecified atom stereocenters. The number of ether oxygens (including phenoxy) is 2. The van der Waals surface area contributed by atoms with Crippen molar-refractivity contribution in [1.82, 2.24) is 5.32 Å². The number of nitrogens with one attached hydrogen (secondary N) is 2. The summed E-state index contributed by atoms with van der Waals surface area (Å²) in [5.74, 6) is -4.68. The van der Waals surface area contributed by atoms with Gasteiger partial charge in [0.2, 0.25) is 11.8 Å². The van der Waals surface area contributed by atoms with Crippen molar-refractivity contribution in [2.75, 3.05) is 25.3 Å². The number of nitrogens with zero attached hydrogens (tertiary/aromatic N) is 1. The first-order valence-electron chi connectivity index (χ1n) is 10.9. The topological polar surface area (TPSA) is 135 Å². The molecular formula is C26H25N3O6S. The number of hydrogen-bond donors (Lipinski definition) is 2. The van der Waals surface area contributed by atoms with E-state index in [1.54, 1.807) is 12.1 Å². The molecule has 0 radical (unpaired) electrons. The number of amides is 2. The lowest BCUT2D eigenvalue weighted by atomic mass is 9.78.